The summed E-state index contributed by atoms with van der Waals surface area (Å²) in [7, 11) is 0. The van der Waals surface area contributed by atoms with Crippen LogP contribution in [0.3, 0.4) is 0 Å². The summed E-state index contributed by atoms with van der Waals surface area (Å²) in [5, 5.41) is 5.76. The van der Waals surface area contributed by atoms with Crippen LogP contribution in [0.5, 0.6) is 0 Å². The highest BCUT2D eigenvalue weighted by molar-refractivity contribution is 5.98. The highest BCUT2D eigenvalue weighted by Crippen LogP contribution is 2.19. The van der Waals surface area contributed by atoms with E-state index in [1.54, 1.807) is 24.3 Å². The van der Waals surface area contributed by atoms with Crippen LogP contribution in [0.25, 0.3) is 0 Å². The Morgan fingerprint density at radius 3 is 2.48 bits per heavy atom. The van der Waals surface area contributed by atoms with Crippen molar-refractivity contribution in [2.24, 2.45) is 11.7 Å². The van der Waals surface area contributed by atoms with E-state index in [1.165, 1.54) is 0 Å². The summed E-state index contributed by atoms with van der Waals surface area (Å²) in [5.41, 5.74) is 7.21. The predicted octanol–water partition coefficient (Wildman–Crippen LogP) is 2.29. The number of halogens is 2. The number of nitrogens with one attached hydrogen (secondary N) is 2. The van der Waals surface area contributed by atoms with E-state index < -0.39 is 6.04 Å². The second kappa shape index (κ2) is 14.6. The first-order valence-corrected chi connectivity index (χ1v) is 9.80. The number of anilines is 1. The van der Waals surface area contributed by atoms with Crippen LogP contribution in [0.1, 0.15) is 37.0 Å². The van der Waals surface area contributed by atoms with Crippen molar-refractivity contribution in [3.8, 4) is 0 Å². The summed E-state index contributed by atoms with van der Waals surface area (Å²) in [4.78, 5) is 27.0. The number of benzene rings is 1. The second-order valence-electron chi connectivity index (χ2n) is 6.83. The van der Waals surface area contributed by atoms with Gasteiger partial charge >= 0.3 is 0 Å². The van der Waals surface area contributed by atoms with Gasteiger partial charge in [-0.25, -0.2) is 0 Å². The van der Waals surface area contributed by atoms with E-state index in [9.17, 15) is 9.59 Å². The number of carbonyl (C=O) groups excluding carboxylic acids is 2. The third-order valence-corrected chi connectivity index (χ3v) is 5.08. The average Bonchev–Trinajstić information content (AvgIpc) is 2.71. The van der Waals surface area contributed by atoms with Crippen molar-refractivity contribution in [2.45, 2.75) is 32.7 Å². The first-order chi connectivity index (χ1) is 13.0. The van der Waals surface area contributed by atoms with Crippen molar-refractivity contribution in [1.82, 2.24) is 10.2 Å². The number of hydrogen-bond acceptors (Lipinski definition) is 5. The predicted molar refractivity (Wildman–Crippen MR) is 121 cm³/mol. The molecule has 1 aliphatic heterocycles. The van der Waals surface area contributed by atoms with E-state index >= 15 is 0 Å². The van der Waals surface area contributed by atoms with Crippen molar-refractivity contribution in [2.75, 3.05) is 44.7 Å². The summed E-state index contributed by atoms with van der Waals surface area (Å²) < 4.78 is 5.32. The monoisotopic (exact) mass is 448 g/mol. The Hall–Kier alpha value is -1.38. The molecular formula is C20H34Cl2N4O3. The lowest BCUT2D eigenvalue weighted by Crippen LogP contribution is -2.44. The molecule has 0 radical (unpaired) electrons. The quantitative estimate of drug-likeness (QED) is 0.538. The summed E-state index contributed by atoms with van der Waals surface area (Å²) in [6.45, 7) is 8.82. The zero-order valence-corrected chi connectivity index (χ0v) is 18.8. The van der Waals surface area contributed by atoms with E-state index in [0.717, 1.165) is 32.5 Å². The average molecular weight is 449 g/mol. The fourth-order valence-electron chi connectivity index (χ4n) is 3.22. The lowest BCUT2D eigenvalue weighted by Gasteiger charge is -2.26. The van der Waals surface area contributed by atoms with Gasteiger partial charge in [0, 0.05) is 37.6 Å². The molecule has 0 aliphatic carbocycles. The Kier molecular flexibility index (Phi) is 13.9. The van der Waals surface area contributed by atoms with Gasteiger partial charge in [-0.15, -0.1) is 24.8 Å². The van der Waals surface area contributed by atoms with Crippen LogP contribution in [0, 0.1) is 5.92 Å². The molecule has 1 heterocycles. The molecule has 29 heavy (non-hydrogen) atoms. The van der Waals surface area contributed by atoms with Gasteiger partial charge in [0.15, 0.2) is 0 Å². The lowest BCUT2D eigenvalue weighted by atomic mass is 9.92. The first kappa shape index (κ1) is 27.6. The van der Waals surface area contributed by atoms with E-state index in [2.05, 4.69) is 29.4 Å². The number of ether oxygens (including phenoxy) is 1. The van der Waals surface area contributed by atoms with E-state index in [1.807, 2.05) is 0 Å². The molecule has 1 fully saturated rings. The van der Waals surface area contributed by atoms with Gasteiger partial charge in [0.05, 0.1) is 6.04 Å². The van der Waals surface area contributed by atoms with Crippen molar-refractivity contribution in [3.05, 3.63) is 29.8 Å². The van der Waals surface area contributed by atoms with Gasteiger partial charge in [0.2, 0.25) is 5.91 Å². The molecule has 166 valence electrons. The third-order valence-electron chi connectivity index (χ3n) is 5.08. The van der Waals surface area contributed by atoms with Crippen LogP contribution in [-0.4, -0.2) is 62.1 Å². The van der Waals surface area contributed by atoms with Gasteiger partial charge in [-0.2, -0.15) is 0 Å². The van der Waals surface area contributed by atoms with Gasteiger partial charge in [-0.05, 0) is 50.0 Å². The molecule has 2 rings (SSSR count). The molecule has 1 aliphatic rings. The summed E-state index contributed by atoms with van der Waals surface area (Å²) >= 11 is 0. The minimum atomic E-state index is -0.569. The number of hydrogen-bond donors (Lipinski definition) is 3. The standard InChI is InChI=1S/C20H32N4O3.2ClH/c1-3-24(4-2)11-10-22-19(25)16-6-5-7-17(14-16)23-20(26)18(21)15-8-12-27-13-9-15;;/h5-7,14-15,18H,3-4,8-13,21H2,1-2H3,(H,22,25)(H,23,26);2*1H. The maximum atomic E-state index is 12.4. The van der Waals surface area contributed by atoms with Crippen LogP contribution in [0.2, 0.25) is 0 Å². The van der Waals surface area contributed by atoms with Crippen molar-refractivity contribution in [3.63, 3.8) is 0 Å². The highest BCUT2D eigenvalue weighted by atomic mass is 35.5. The van der Waals surface area contributed by atoms with E-state index in [4.69, 9.17) is 10.5 Å². The zero-order chi connectivity index (χ0) is 19.6. The molecule has 1 saturated heterocycles. The number of rotatable bonds is 9. The Bertz CT molecular complexity index is 623. The molecule has 1 aromatic carbocycles. The number of nitrogens with zero attached hydrogens (tertiary/aromatic N) is 1. The minimum absolute atomic E-state index is 0. The van der Waals surface area contributed by atoms with Crippen LogP contribution in [0.15, 0.2) is 24.3 Å². The minimum Gasteiger partial charge on any atom is -0.381 e. The summed E-state index contributed by atoms with van der Waals surface area (Å²) in [5.74, 6) is -0.238. The topological polar surface area (TPSA) is 96.7 Å². The van der Waals surface area contributed by atoms with Crippen molar-refractivity contribution < 1.29 is 14.3 Å². The molecule has 1 atom stereocenters. The molecule has 0 aromatic heterocycles. The molecule has 2 amide bonds. The fraction of sp³-hybridized carbons (Fsp3) is 0.600. The van der Waals surface area contributed by atoms with Crippen LogP contribution in [0.4, 0.5) is 5.69 Å². The Morgan fingerprint density at radius 1 is 1.21 bits per heavy atom. The number of nitrogens with two attached hydrogens (primary N) is 1. The number of likely N-dealkylation sites (N-methyl/N-ethyl adjacent to an activating group) is 1. The molecule has 0 spiro atoms. The molecule has 1 unspecified atom stereocenters. The summed E-state index contributed by atoms with van der Waals surface area (Å²) in [6.07, 6.45) is 1.59. The number of amides is 2. The molecule has 1 aromatic rings. The Labute approximate surface area is 185 Å². The maximum absolute atomic E-state index is 12.4. The maximum Gasteiger partial charge on any atom is 0.251 e. The molecule has 0 saturated carbocycles. The van der Waals surface area contributed by atoms with Crippen molar-refractivity contribution in [1.29, 1.82) is 0 Å². The van der Waals surface area contributed by atoms with Crippen LogP contribution in [-0.2, 0) is 9.53 Å². The smallest absolute Gasteiger partial charge is 0.251 e. The summed E-state index contributed by atoms with van der Waals surface area (Å²) in [6, 6.07) is 6.37. The van der Waals surface area contributed by atoms with Crippen LogP contribution >= 0.6 is 24.8 Å². The second-order valence-corrected chi connectivity index (χ2v) is 6.83. The molecule has 7 nitrogen and oxygen atoms in total. The molecule has 0 bridgehead atoms. The van der Waals surface area contributed by atoms with Gasteiger partial charge in [0.25, 0.3) is 5.91 Å². The largest absolute Gasteiger partial charge is 0.381 e. The van der Waals surface area contributed by atoms with E-state index in [-0.39, 0.29) is 42.5 Å². The lowest BCUT2D eigenvalue weighted by molar-refractivity contribution is -0.119. The van der Waals surface area contributed by atoms with E-state index in [0.29, 0.717) is 31.0 Å². The third kappa shape index (κ3) is 8.88. The Morgan fingerprint density at radius 2 is 1.86 bits per heavy atom. The highest BCUT2D eigenvalue weighted by Gasteiger charge is 2.26. The van der Waals surface area contributed by atoms with Gasteiger partial charge in [-0.3, -0.25) is 9.59 Å². The molecular weight excluding hydrogens is 415 g/mol. The normalized spacial score (nSPS) is 15.0. The Balaban J connectivity index is 0.00000392. The SMILES string of the molecule is CCN(CC)CCNC(=O)c1cccc(NC(=O)C(N)C2CCOCC2)c1.Cl.Cl. The van der Waals surface area contributed by atoms with Gasteiger partial charge < -0.3 is 26.0 Å². The number of carbonyl (C=O) groups is 2. The molecule has 4 N–H and O–H groups in total. The first-order valence-electron chi connectivity index (χ1n) is 9.80. The molecule has 9 heteroatoms. The van der Waals surface area contributed by atoms with Crippen LogP contribution < -0.4 is 16.4 Å². The van der Waals surface area contributed by atoms with Crippen molar-refractivity contribution >= 4 is 42.3 Å². The fourth-order valence-corrected chi connectivity index (χ4v) is 3.22. The zero-order valence-electron chi connectivity index (χ0n) is 17.2. The van der Waals surface area contributed by atoms with Gasteiger partial charge in [0.1, 0.15) is 0 Å². The van der Waals surface area contributed by atoms with Gasteiger partial charge in [-0.1, -0.05) is 19.9 Å².